The molecule has 1 amide bonds. The van der Waals surface area contributed by atoms with Crippen molar-refractivity contribution in [2.24, 2.45) is 5.73 Å². The lowest BCUT2D eigenvalue weighted by molar-refractivity contribution is 0.0996. The molecule has 0 spiro atoms. The van der Waals surface area contributed by atoms with Crippen LogP contribution < -0.4 is 16.8 Å². The topological polar surface area (TPSA) is 107 Å². The Labute approximate surface area is 93.0 Å². The molecule has 2 rings (SSSR count). The van der Waals surface area contributed by atoms with Gasteiger partial charge in [-0.25, -0.2) is 9.97 Å². The van der Waals surface area contributed by atoms with Crippen molar-refractivity contribution in [2.45, 2.75) is 0 Å². The van der Waals surface area contributed by atoms with Gasteiger partial charge in [0.05, 0.1) is 0 Å². The number of anilines is 3. The summed E-state index contributed by atoms with van der Waals surface area (Å²) in [5.74, 6) is 0.0694. The third-order valence-electron chi connectivity index (χ3n) is 1.51. The van der Waals surface area contributed by atoms with Gasteiger partial charge in [-0.1, -0.05) is 0 Å². The van der Waals surface area contributed by atoms with E-state index in [0.717, 1.165) is 0 Å². The monoisotopic (exact) mass is 241 g/mol. The summed E-state index contributed by atoms with van der Waals surface area (Å²) in [6.45, 7) is 0. The molecule has 5 N–H and O–H groups in total. The molecule has 0 aliphatic heterocycles. The molecular weight excluding hydrogens is 234 g/mol. The number of nitrogens with zero attached hydrogens (tertiary/aromatic N) is 2. The van der Waals surface area contributed by atoms with E-state index in [0.29, 0.717) is 16.1 Å². The number of amides is 1. The molecule has 0 aromatic carbocycles. The van der Waals surface area contributed by atoms with Crippen LogP contribution in [-0.2, 0) is 0 Å². The molecule has 2 heterocycles. The standard InChI is InChI=1S/C7H7N5OS2/c8-5(13)3-1-15-7(10-3)12-4-2-14-6(9)11-4/h1-2H,(H2,8,13)(H2,9,11)(H,10,12). The van der Waals surface area contributed by atoms with Crippen molar-refractivity contribution in [2.75, 3.05) is 11.1 Å². The van der Waals surface area contributed by atoms with Crippen LogP contribution in [0.2, 0.25) is 0 Å². The van der Waals surface area contributed by atoms with Crippen LogP contribution >= 0.6 is 22.7 Å². The average molecular weight is 241 g/mol. The maximum atomic E-state index is 10.8. The maximum absolute atomic E-state index is 10.8. The first-order valence-corrected chi connectivity index (χ1v) is 5.64. The molecule has 0 aliphatic rings. The summed E-state index contributed by atoms with van der Waals surface area (Å²) in [4.78, 5) is 18.7. The van der Waals surface area contributed by atoms with E-state index in [1.54, 1.807) is 10.8 Å². The zero-order chi connectivity index (χ0) is 10.8. The van der Waals surface area contributed by atoms with Crippen LogP contribution in [0, 0.1) is 0 Å². The van der Waals surface area contributed by atoms with E-state index in [1.165, 1.54) is 22.7 Å². The van der Waals surface area contributed by atoms with E-state index in [2.05, 4.69) is 15.3 Å². The maximum Gasteiger partial charge on any atom is 0.268 e. The normalized spacial score (nSPS) is 10.1. The quantitative estimate of drug-likeness (QED) is 0.743. The Bertz CT molecular complexity index is 491. The highest BCUT2D eigenvalue weighted by molar-refractivity contribution is 7.14. The SMILES string of the molecule is NC(=O)c1csc(Nc2csc(N)n2)n1. The summed E-state index contributed by atoms with van der Waals surface area (Å²) in [6, 6.07) is 0. The Morgan fingerprint density at radius 3 is 2.67 bits per heavy atom. The van der Waals surface area contributed by atoms with Crippen LogP contribution in [-0.4, -0.2) is 15.9 Å². The zero-order valence-electron chi connectivity index (χ0n) is 7.43. The fraction of sp³-hybridized carbons (Fsp3) is 0. The summed E-state index contributed by atoms with van der Waals surface area (Å²) >= 11 is 2.61. The summed E-state index contributed by atoms with van der Waals surface area (Å²) in [5.41, 5.74) is 10.8. The molecular formula is C7H7N5OS2. The van der Waals surface area contributed by atoms with E-state index in [-0.39, 0.29) is 5.69 Å². The van der Waals surface area contributed by atoms with Crippen molar-refractivity contribution in [1.29, 1.82) is 0 Å². The number of hydrogen-bond donors (Lipinski definition) is 3. The highest BCUT2D eigenvalue weighted by atomic mass is 32.1. The van der Waals surface area contributed by atoms with Crippen LogP contribution in [0.3, 0.4) is 0 Å². The molecule has 2 aromatic rings. The zero-order valence-corrected chi connectivity index (χ0v) is 9.06. The molecule has 6 nitrogen and oxygen atoms in total. The van der Waals surface area contributed by atoms with Gasteiger partial charge < -0.3 is 16.8 Å². The molecule has 0 saturated carbocycles. The van der Waals surface area contributed by atoms with Gasteiger partial charge in [0.25, 0.3) is 5.91 Å². The van der Waals surface area contributed by atoms with Crippen molar-refractivity contribution in [3.8, 4) is 0 Å². The van der Waals surface area contributed by atoms with Crippen molar-refractivity contribution in [3.63, 3.8) is 0 Å². The first-order chi connectivity index (χ1) is 7.15. The van der Waals surface area contributed by atoms with Gasteiger partial charge in [-0.05, 0) is 0 Å². The van der Waals surface area contributed by atoms with E-state index >= 15 is 0 Å². The molecule has 0 bridgehead atoms. The molecule has 0 fully saturated rings. The van der Waals surface area contributed by atoms with Crippen LogP contribution in [0.4, 0.5) is 16.1 Å². The second-order valence-electron chi connectivity index (χ2n) is 2.60. The number of carbonyl (C=O) groups excluding carboxylic acids is 1. The molecule has 0 radical (unpaired) electrons. The first kappa shape index (κ1) is 9.87. The van der Waals surface area contributed by atoms with E-state index in [9.17, 15) is 4.79 Å². The van der Waals surface area contributed by atoms with Gasteiger partial charge in [-0.15, -0.1) is 22.7 Å². The molecule has 78 valence electrons. The minimum atomic E-state index is -0.544. The summed E-state index contributed by atoms with van der Waals surface area (Å²) in [7, 11) is 0. The van der Waals surface area contributed by atoms with Crippen molar-refractivity contribution in [3.05, 3.63) is 16.5 Å². The Morgan fingerprint density at radius 1 is 1.33 bits per heavy atom. The molecule has 0 aliphatic carbocycles. The summed E-state index contributed by atoms with van der Waals surface area (Å²) in [5, 5.41) is 7.31. The number of carbonyl (C=O) groups is 1. The molecule has 0 saturated heterocycles. The van der Waals surface area contributed by atoms with Gasteiger partial charge in [0.2, 0.25) is 0 Å². The minimum absolute atomic E-state index is 0.241. The second kappa shape index (κ2) is 3.83. The van der Waals surface area contributed by atoms with Crippen LogP contribution in [0.25, 0.3) is 0 Å². The Balaban J connectivity index is 2.14. The highest BCUT2D eigenvalue weighted by Gasteiger charge is 2.07. The van der Waals surface area contributed by atoms with E-state index in [1.807, 2.05) is 0 Å². The van der Waals surface area contributed by atoms with Gasteiger partial charge >= 0.3 is 0 Å². The first-order valence-electron chi connectivity index (χ1n) is 3.88. The molecule has 2 aromatic heterocycles. The smallest absolute Gasteiger partial charge is 0.268 e. The third kappa shape index (κ3) is 2.22. The van der Waals surface area contributed by atoms with Crippen LogP contribution in [0.15, 0.2) is 10.8 Å². The van der Waals surface area contributed by atoms with Gasteiger partial charge in [0.15, 0.2) is 10.3 Å². The van der Waals surface area contributed by atoms with Crippen LogP contribution in [0.5, 0.6) is 0 Å². The van der Waals surface area contributed by atoms with Gasteiger partial charge in [-0.3, -0.25) is 4.79 Å². The lowest BCUT2D eigenvalue weighted by Gasteiger charge is -1.94. The largest absolute Gasteiger partial charge is 0.375 e. The Hall–Kier alpha value is -1.67. The highest BCUT2D eigenvalue weighted by Crippen LogP contribution is 2.22. The molecule has 15 heavy (non-hydrogen) atoms. The Morgan fingerprint density at radius 2 is 2.13 bits per heavy atom. The number of nitrogen functional groups attached to an aromatic ring is 1. The predicted molar refractivity (Wildman–Crippen MR) is 60.4 cm³/mol. The fourth-order valence-electron chi connectivity index (χ4n) is 0.899. The number of nitrogens with one attached hydrogen (secondary N) is 1. The van der Waals surface area contributed by atoms with E-state index < -0.39 is 5.91 Å². The van der Waals surface area contributed by atoms with Crippen molar-refractivity contribution in [1.82, 2.24) is 9.97 Å². The number of nitrogens with two attached hydrogens (primary N) is 2. The van der Waals surface area contributed by atoms with Crippen molar-refractivity contribution >= 4 is 44.7 Å². The summed E-state index contributed by atoms with van der Waals surface area (Å²) in [6.07, 6.45) is 0. The number of thiazole rings is 2. The number of hydrogen-bond acceptors (Lipinski definition) is 7. The Kier molecular flexibility index (Phi) is 2.52. The molecule has 0 unspecified atom stereocenters. The fourth-order valence-corrected chi connectivity index (χ4v) is 2.10. The van der Waals surface area contributed by atoms with Crippen molar-refractivity contribution < 1.29 is 4.79 Å². The number of primary amides is 1. The molecule has 0 atom stereocenters. The van der Waals surface area contributed by atoms with E-state index in [4.69, 9.17) is 11.5 Å². The van der Waals surface area contributed by atoms with Crippen LogP contribution in [0.1, 0.15) is 10.5 Å². The average Bonchev–Trinajstić information content (AvgIpc) is 2.76. The van der Waals surface area contributed by atoms with Gasteiger partial charge in [0, 0.05) is 10.8 Å². The van der Waals surface area contributed by atoms with Gasteiger partial charge in [-0.2, -0.15) is 0 Å². The second-order valence-corrected chi connectivity index (χ2v) is 4.35. The number of rotatable bonds is 3. The lowest BCUT2D eigenvalue weighted by Crippen LogP contribution is -2.11. The minimum Gasteiger partial charge on any atom is -0.375 e. The lowest BCUT2D eigenvalue weighted by atomic mass is 10.5. The third-order valence-corrected chi connectivity index (χ3v) is 2.95. The summed E-state index contributed by atoms with van der Waals surface area (Å²) < 4.78 is 0. The predicted octanol–water partition coefficient (Wildman–Crippen LogP) is 1.02. The number of aromatic nitrogens is 2. The van der Waals surface area contributed by atoms with Gasteiger partial charge in [0.1, 0.15) is 11.5 Å². The molecule has 8 heteroatoms.